The first-order chi connectivity index (χ1) is 10.3. The fourth-order valence-corrected chi connectivity index (χ4v) is 4.14. The average Bonchev–Trinajstić information content (AvgIpc) is 2.89. The van der Waals surface area contributed by atoms with Crippen LogP contribution in [0.5, 0.6) is 11.5 Å². The molecule has 1 aromatic rings. The molecule has 122 valence electrons. The third-order valence-electron chi connectivity index (χ3n) is 3.86. The number of carboxylic acid groups (broad SMARTS) is 1. The van der Waals surface area contributed by atoms with Gasteiger partial charge in [0.25, 0.3) is 0 Å². The van der Waals surface area contributed by atoms with Crippen LogP contribution in [0.4, 0.5) is 0 Å². The molecule has 0 saturated carbocycles. The van der Waals surface area contributed by atoms with Crippen molar-refractivity contribution in [1.82, 2.24) is 4.31 Å². The molecule has 1 saturated heterocycles. The number of hydrogen-bond donors (Lipinski definition) is 1. The lowest BCUT2D eigenvalue weighted by molar-refractivity contribution is -0.142. The quantitative estimate of drug-likeness (QED) is 0.868. The topological polar surface area (TPSA) is 93.1 Å². The molecular formula is C14H19NO6S. The predicted octanol–water partition coefficient (Wildman–Crippen LogP) is 1.05. The molecule has 1 fully saturated rings. The standard InChI is InChI=1S/C14H19NO6S/c1-9-7-15(8-13(9)14(16)17)22(18,19)12-5-10(20-2)4-11(6-12)21-3/h4-6,9,13H,7-8H2,1-3H3,(H,16,17)/t9-,13-/m1/s1. The van der Waals surface area contributed by atoms with E-state index in [4.69, 9.17) is 14.6 Å². The molecule has 0 radical (unpaired) electrons. The Hall–Kier alpha value is -1.80. The number of rotatable bonds is 5. The van der Waals surface area contributed by atoms with E-state index in [-0.39, 0.29) is 23.9 Å². The summed E-state index contributed by atoms with van der Waals surface area (Å²) >= 11 is 0. The number of benzene rings is 1. The smallest absolute Gasteiger partial charge is 0.308 e. The van der Waals surface area contributed by atoms with Crippen molar-refractivity contribution in [2.75, 3.05) is 27.3 Å². The van der Waals surface area contributed by atoms with Gasteiger partial charge in [-0.2, -0.15) is 4.31 Å². The fourth-order valence-electron chi connectivity index (χ4n) is 2.52. The Kier molecular flexibility index (Phi) is 4.62. The van der Waals surface area contributed by atoms with Gasteiger partial charge in [-0.15, -0.1) is 0 Å². The molecule has 0 bridgehead atoms. The molecule has 0 aliphatic carbocycles. The molecule has 1 aliphatic rings. The monoisotopic (exact) mass is 329 g/mol. The van der Waals surface area contributed by atoms with Crippen LogP contribution < -0.4 is 9.47 Å². The summed E-state index contributed by atoms with van der Waals surface area (Å²) in [6.07, 6.45) is 0. The lowest BCUT2D eigenvalue weighted by atomic mass is 9.99. The van der Waals surface area contributed by atoms with Crippen LogP contribution in [0.3, 0.4) is 0 Å². The molecule has 0 spiro atoms. The highest BCUT2D eigenvalue weighted by Crippen LogP contribution is 2.32. The van der Waals surface area contributed by atoms with E-state index in [1.165, 1.54) is 30.7 Å². The molecule has 2 atom stereocenters. The Labute approximate surface area is 129 Å². The number of methoxy groups -OCH3 is 2. The summed E-state index contributed by atoms with van der Waals surface area (Å²) in [5.74, 6) is -1.18. The molecular weight excluding hydrogens is 310 g/mol. The summed E-state index contributed by atoms with van der Waals surface area (Å²) in [5.41, 5.74) is 0. The third-order valence-corrected chi connectivity index (χ3v) is 5.67. The van der Waals surface area contributed by atoms with Crippen molar-refractivity contribution >= 4 is 16.0 Å². The van der Waals surface area contributed by atoms with E-state index in [1.807, 2.05) is 0 Å². The van der Waals surface area contributed by atoms with Crippen LogP contribution in [0.25, 0.3) is 0 Å². The average molecular weight is 329 g/mol. The maximum absolute atomic E-state index is 12.7. The van der Waals surface area contributed by atoms with E-state index in [9.17, 15) is 13.2 Å². The second kappa shape index (κ2) is 6.13. The van der Waals surface area contributed by atoms with E-state index in [1.54, 1.807) is 13.0 Å². The fraction of sp³-hybridized carbons (Fsp3) is 0.500. The number of aliphatic carboxylic acids is 1. The van der Waals surface area contributed by atoms with Gasteiger partial charge in [0.05, 0.1) is 25.0 Å². The lowest BCUT2D eigenvalue weighted by Gasteiger charge is -2.17. The number of nitrogens with zero attached hydrogens (tertiary/aromatic N) is 1. The largest absolute Gasteiger partial charge is 0.497 e. The maximum atomic E-state index is 12.7. The lowest BCUT2D eigenvalue weighted by Crippen LogP contribution is -2.30. The van der Waals surface area contributed by atoms with Gasteiger partial charge >= 0.3 is 5.97 Å². The van der Waals surface area contributed by atoms with Gasteiger partial charge in [0.2, 0.25) is 10.0 Å². The first-order valence-corrected chi connectivity index (χ1v) is 8.19. The molecule has 1 aliphatic heterocycles. The second-order valence-electron chi connectivity index (χ2n) is 5.29. The molecule has 2 rings (SSSR count). The minimum atomic E-state index is -3.79. The van der Waals surface area contributed by atoms with Gasteiger partial charge in [0.1, 0.15) is 11.5 Å². The van der Waals surface area contributed by atoms with Crippen molar-refractivity contribution in [2.24, 2.45) is 11.8 Å². The summed E-state index contributed by atoms with van der Waals surface area (Å²) in [5, 5.41) is 9.14. The van der Waals surface area contributed by atoms with Crippen molar-refractivity contribution in [2.45, 2.75) is 11.8 Å². The van der Waals surface area contributed by atoms with Gasteiger partial charge < -0.3 is 14.6 Å². The minimum absolute atomic E-state index is 0.0294. The van der Waals surface area contributed by atoms with Crippen LogP contribution in [0.1, 0.15) is 6.92 Å². The highest BCUT2D eigenvalue weighted by atomic mass is 32.2. The van der Waals surface area contributed by atoms with Gasteiger partial charge in [0, 0.05) is 31.3 Å². The first kappa shape index (κ1) is 16.6. The zero-order chi connectivity index (χ0) is 16.5. The molecule has 7 nitrogen and oxygen atoms in total. The summed E-state index contributed by atoms with van der Waals surface area (Å²) < 4.78 is 36.8. The van der Waals surface area contributed by atoms with Crippen LogP contribution in [-0.4, -0.2) is 51.1 Å². The Bertz CT molecular complexity index is 650. The molecule has 0 aromatic heterocycles. The molecule has 22 heavy (non-hydrogen) atoms. The van der Waals surface area contributed by atoms with Crippen molar-refractivity contribution in [1.29, 1.82) is 0 Å². The molecule has 1 aromatic carbocycles. The van der Waals surface area contributed by atoms with Crippen LogP contribution in [0, 0.1) is 11.8 Å². The summed E-state index contributed by atoms with van der Waals surface area (Å²) in [4.78, 5) is 11.2. The number of ether oxygens (including phenoxy) is 2. The molecule has 0 unspecified atom stereocenters. The van der Waals surface area contributed by atoms with Crippen LogP contribution >= 0.6 is 0 Å². The number of hydrogen-bond acceptors (Lipinski definition) is 5. The highest BCUT2D eigenvalue weighted by molar-refractivity contribution is 7.89. The van der Waals surface area contributed by atoms with Crippen molar-refractivity contribution in [3.8, 4) is 11.5 Å². The van der Waals surface area contributed by atoms with Gasteiger partial charge in [-0.3, -0.25) is 4.79 Å². The predicted molar refractivity (Wildman–Crippen MR) is 78.6 cm³/mol. The van der Waals surface area contributed by atoms with Crippen molar-refractivity contribution in [3.05, 3.63) is 18.2 Å². The van der Waals surface area contributed by atoms with E-state index < -0.39 is 21.9 Å². The van der Waals surface area contributed by atoms with Crippen LogP contribution in [0.2, 0.25) is 0 Å². The minimum Gasteiger partial charge on any atom is -0.497 e. The molecule has 0 amide bonds. The van der Waals surface area contributed by atoms with Crippen LogP contribution in [0.15, 0.2) is 23.1 Å². The van der Waals surface area contributed by atoms with Crippen molar-refractivity contribution in [3.63, 3.8) is 0 Å². The SMILES string of the molecule is COc1cc(OC)cc(S(=O)(=O)N2C[C@@H](C)[C@H](C(=O)O)C2)c1. The molecule has 8 heteroatoms. The van der Waals surface area contributed by atoms with Gasteiger partial charge in [0.15, 0.2) is 0 Å². The van der Waals surface area contributed by atoms with E-state index >= 15 is 0 Å². The molecule has 1 heterocycles. The Balaban J connectivity index is 2.37. The van der Waals surface area contributed by atoms with Gasteiger partial charge in [-0.25, -0.2) is 8.42 Å². The van der Waals surface area contributed by atoms with E-state index in [2.05, 4.69) is 0 Å². The number of carboxylic acids is 1. The van der Waals surface area contributed by atoms with E-state index in [0.29, 0.717) is 11.5 Å². The zero-order valence-electron chi connectivity index (χ0n) is 12.6. The highest BCUT2D eigenvalue weighted by Gasteiger charge is 2.40. The Morgan fingerprint density at radius 3 is 2.14 bits per heavy atom. The normalized spacial score (nSPS) is 22.5. The molecule has 1 N–H and O–H groups in total. The van der Waals surface area contributed by atoms with Crippen molar-refractivity contribution < 1.29 is 27.8 Å². The second-order valence-corrected chi connectivity index (χ2v) is 7.23. The Morgan fingerprint density at radius 2 is 1.73 bits per heavy atom. The van der Waals surface area contributed by atoms with Crippen LogP contribution in [-0.2, 0) is 14.8 Å². The summed E-state index contributed by atoms with van der Waals surface area (Å²) in [6, 6.07) is 4.37. The maximum Gasteiger partial charge on any atom is 0.308 e. The van der Waals surface area contributed by atoms with Gasteiger partial charge in [-0.1, -0.05) is 6.92 Å². The third kappa shape index (κ3) is 3.02. The van der Waals surface area contributed by atoms with E-state index in [0.717, 1.165) is 0 Å². The Morgan fingerprint density at radius 1 is 1.18 bits per heavy atom. The summed E-state index contributed by atoms with van der Waals surface area (Å²) in [7, 11) is -0.925. The number of sulfonamides is 1. The summed E-state index contributed by atoms with van der Waals surface area (Å²) in [6.45, 7) is 1.89. The van der Waals surface area contributed by atoms with Gasteiger partial charge in [-0.05, 0) is 5.92 Å². The zero-order valence-corrected chi connectivity index (χ0v) is 13.5. The number of carbonyl (C=O) groups is 1. The first-order valence-electron chi connectivity index (χ1n) is 6.75.